The maximum Gasteiger partial charge on any atom is 0.193 e. The van der Waals surface area contributed by atoms with Crippen molar-refractivity contribution in [3.63, 3.8) is 0 Å². The van der Waals surface area contributed by atoms with Crippen LogP contribution in [0.15, 0.2) is 42.5 Å². The summed E-state index contributed by atoms with van der Waals surface area (Å²) in [5, 5.41) is 0.728. The van der Waals surface area contributed by atoms with Crippen LogP contribution in [0.4, 0.5) is 0 Å². The minimum atomic E-state index is -0.193. The predicted octanol–water partition coefficient (Wildman–Crippen LogP) is 4.43. The summed E-state index contributed by atoms with van der Waals surface area (Å²) in [5.74, 6) is -0.273. The molecule has 0 aliphatic heterocycles. The van der Waals surface area contributed by atoms with Crippen LogP contribution in [-0.4, -0.2) is 11.6 Å². The maximum absolute atomic E-state index is 12.3. The van der Waals surface area contributed by atoms with Crippen LogP contribution in [0.1, 0.15) is 33.2 Å². The number of Topliss-reactive ketones (excluding diaryl/α,β-unsaturated/α-hetero) is 1. The third-order valence-corrected chi connectivity index (χ3v) is 3.45. The number of ketones is 2. The average molecular weight is 293 g/mol. The van der Waals surface area contributed by atoms with E-state index in [-0.39, 0.29) is 11.6 Å². The first-order valence-electron chi connectivity index (χ1n) is 5.60. The Kier molecular flexibility index (Phi) is 4.03. The summed E-state index contributed by atoms with van der Waals surface area (Å²) >= 11 is 11.7. The van der Waals surface area contributed by atoms with Crippen LogP contribution in [0.5, 0.6) is 0 Å². The molecule has 0 bridgehead atoms. The molecule has 4 heteroatoms. The Hall–Kier alpha value is -1.64. The largest absolute Gasteiger partial charge is 0.295 e. The molecule has 19 heavy (non-hydrogen) atoms. The lowest BCUT2D eigenvalue weighted by Crippen LogP contribution is -2.03. The molecule has 96 valence electrons. The van der Waals surface area contributed by atoms with E-state index < -0.39 is 0 Å². The van der Waals surface area contributed by atoms with Crippen LogP contribution < -0.4 is 0 Å². The number of benzene rings is 2. The highest BCUT2D eigenvalue weighted by Crippen LogP contribution is 2.24. The Morgan fingerprint density at radius 2 is 1.47 bits per heavy atom. The molecule has 0 N–H and O–H groups in total. The van der Waals surface area contributed by atoms with Gasteiger partial charge in [-0.05, 0) is 31.2 Å². The van der Waals surface area contributed by atoms with Crippen molar-refractivity contribution in [3.05, 3.63) is 69.2 Å². The van der Waals surface area contributed by atoms with Gasteiger partial charge in [0.05, 0.1) is 10.0 Å². The van der Waals surface area contributed by atoms with Crippen molar-refractivity contribution in [1.82, 2.24) is 0 Å². The van der Waals surface area contributed by atoms with E-state index in [0.717, 1.165) is 0 Å². The molecule has 0 aliphatic rings. The first kappa shape index (κ1) is 13.8. The molecule has 2 nitrogen and oxygen atoms in total. The van der Waals surface area contributed by atoms with E-state index >= 15 is 0 Å². The van der Waals surface area contributed by atoms with Gasteiger partial charge in [-0.1, -0.05) is 41.4 Å². The SMILES string of the molecule is CC(=O)c1cccc(C(=O)c2ccc(Cl)c(Cl)c2)c1. The van der Waals surface area contributed by atoms with Crippen molar-refractivity contribution in [2.24, 2.45) is 0 Å². The first-order chi connectivity index (χ1) is 8.99. The van der Waals surface area contributed by atoms with Crippen LogP contribution in [0.3, 0.4) is 0 Å². The molecular formula is C15H10Cl2O2. The van der Waals surface area contributed by atoms with Crippen LogP contribution in [0, 0.1) is 0 Å². The molecule has 0 spiro atoms. The van der Waals surface area contributed by atoms with E-state index in [1.165, 1.54) is 13.0 Å². The summed E-state index contributed by atoms with van der Waals surface area (Å²) in [4.78, 5) is 23.6. The molecule has 0 unspecified atom stereocenters. The monoisotopic (exact) mass is 292 g/mol. The normalized spacial score (nSPS) is 10.3. The fraction of sp³-hybridized carbons (Fsp3) is 0.0667. The van der Waals surface area contributed by atoms with E-state index in [0.29, 0.717) is 26.7 Å². The standard InChI is InChI=1S/C15H10Cl2O2/c1-9(18)10-3-2-4-11(7-10)15(19)12-5-6-13(16)14(17)8-12/h2-8H,1H3. The lowest BCUT2D eigenvalue weighted by atomic mass is 10.0. The Bertz CT molecular complexity index is 663. The lowest BCUT2D eigenvalue weighted by molar-refractivity contribution is 0.101. The fourth-order valence-electron chi connectivity index (χ4n) is 1.68. The third kappa shape index (κ3) is 3.03. The quantitative estimate of drug-likeness (QED) is 0.785. The lowest BCUT2D eigenvalue weighted by Gasteiger charge is -2.04. The van der Waals surface area contributed by atoms with Crippen molar-refractivity contribution < 1.29 is 9.59 Å². The van der Waals surface area contributed by atoms with Crippen LogP contribution in [0.25, 0.3) is 0 Å². The van der Waals surface area contributed by atoms with Crippen LogP contribution in [-0.2, 0) is 0 Å². The molecule has 0 saturated heterocycles. The van der Waals surface area contributed by atoms with Gasteiger partial charge in [0, 0.05) is 16.7 Å². The molecule has 0 amide bonds. The number of halogens is 2. The molecule has 2 aromatic carbocycles. The first-order valence-corrected chi connectivity index (χ1v) is 6.35. The second-order valence-corrected chi connectivity index (χ2v) is 4.91. The smallest absolute Gasteiger partial charge is 0.193 e. The molecule has 2 rings (SSSR count). The summed E-state index contributed by atoms with van der Waals surface area (Å²) in [7, 11) is 0. The Balaban J connectivity index is 2.41. The van der Waals surface area contributed by atoms with Gasteiger partial charge >= 0.3 is 0 Å². The molecule has 0 aromatic heterocycles. The topological polar surface area (TPSA) is 34.1 Å². The van der Waals surface area contributed by atoms with Gasteiger partial charge in [-0.25, -0.2) is 0 Å². The zero-order valence-electron chi connectivity index (χ0n) is 10.1. The molecule has 0 radical (unpaired) electrons. The second kappa shape index (κ2) is 5.55. The van der Waals surface area contributed by atoms with E-state index in [4.69, 9.17) is 23.2 Å². The van der Waals surface area contributed by atoms with E-state index in [2.05, 4.69) is 0 Å². The van der Waals surface area contributed by atoms with Gasteiger partial charge < -0.3 is 0 Å². The fourth-order valence-corrected chi connectivity index (χ4v) is 1.98. The highest BCUT2D eigenvalue weighted by Gasteiger charge is 2.12. The summed E-state index contributed by atoms with van der Waals surface area (Å²) in [6.45, 7) is 1.46. The number of hydrogen-bond acceptors (Lipinski definition) is 2. The predicted molar refractivity (Wildman–Crippen MR) is 76.3 cm³/mol. The van der Waals surface area contributed by atoms with Crippen molar-refractivity contribution in [2.45, 2.75) is 6.92 Å². The molecule has 0 aliphatic carbocycles. The van der Waals surface area contributed by atoms with Crippen molar-refractivity contribution in [3.8, 4) is 0 Å². The van der Waals surface area contributed by atoms with Crippen molar-refractivity contribution in [2.75, 3.05) is 0 Å². The average Bonchev–Trinajstić information content (AvgIpc) is 2.41. The summed E-state index contributed by atoms with van der Waals surface area (Å²) in [6, 6.07) is 11.3. The van der Waals surface area contributed by atoms with Crippen LogP contribution >= 0.6 is 23.2 Å². The maximum atomic E-state index is 12.3. The highest BCUT2D eigenvalue weighted by atomic mass is 35.5. The summed E-state index contributed by atoms with van der Waals surface area (Å²) in [5.41, 5.74) is 1.40. The molecule has 0 atom stereocenters. The van der Waals surface area contributed by atoms with E-state index in [1.807, 2.05) is 0 Å². The Morgan fingerprint density at radius 1 is 0.842 bits per heavy atom. The summed E-state index contributed by atoms with van der Waals surface area (Å²) < 4.78 is 0. The van der Waals surface area contributed by atoms with Crippen molar-refractivity contribution in [1.29, 1.82) is 0 Å². The number of hydrogen-bond donors (Lipinski definition) is 0. The number of rotatable bonds is 3. The van der Waals surface area contributed by atoms with Gasteiger partial charge in [0.25, 0.3) is 0 Å². The van der Waals surface area contributed by atoms with Gasteiger partial charge in [-0.15, -0.1) is 0 Å². The Labute approximate surface area is 121 Å². The molecule has 2 aromatic rings. The molecule has 0 heterocycles. The second-order valence-electron chi connectivity index (χ2n) is 4.10. The van der Waals surface area contributed by atoms with E-state index in [9.17, 15) is 9.59 Å². The Morgan fingerprint density at radius 3 is 2.11 bits per heavy atom. The number of carbonyl (C=O) groups is 2. The summed E-state index contributed by atoms with van der Waals surface area (Å²) in [6.07, 6.45) is 0. The van der Waals surface area contributed by atoms with Gasteiger partial charge in [0.1, 0.15) is 0 Å². The van der Waals surface area contributed by atoms with Gasteiger partial charge in [-0.2, -0.15) is 0 Å². The van der Waals surface area contributed by atoms with Gasteiger partial charge in [0.15, 0.2) is 11.6 Å². The highest BCUT2D eigenvalue weighted by molar-refractivity contribution is 6.42. The van der Waals surface area contributed by atoms with Gasteiger partial charge in [0.2, 0.25) is 0 Å². The minimum Gasteiger partial charge on any atom is -0.295 e. The molecular weight excluding hydrogens is 283 g/mol. The molecule has 0 fully saturated rings. The van der Waals surface area contributed by atoms with Gasteiger partial charge in [-0.3, -0.25) is 9.59 Å². The number of carbonyl (C=O) groups excluding carboxylic acids is 2. The van der Waals surface area contributed by atoms with Crippen LogP contribution in [0.2, 0.25) is 10.0 Å². The van der Waals surface area contributed by atoms with Crippen molar-refractivity contribution >= 4 is 34.8 Å². The zero-order chi connectivity index (χ0) is 14.0. The van der Waals surface area contributed by atoms with E-state index in [1.54, 1.807) is 36.4 Å². The zero-order valence-corrected chi connectivity index (χ0v) is 11.6. The molecule has 0 saturated carbocycles. The minimum absolute atomic E-state index is 0.0798. The third-order valence-electron chi connectivity index (χ3n) is 2.71.